The summed E-state index contributed by atoms with van der Waals surface area (Å²) in [5, 5.41) is 4.62. The summed E-state index contributed by atoms with van der Waals surface area (Å²) in [5.74, 6) is 1.22. The van der Waals surface area contributed by atoms with E-state index in [1.807, 2.05) is 10.7 Å². The Balaban J connectivity index is 1.98. The molecule has 0 saturated heterocycles. The van der Waals surface area contributed by atoms with E-state index < -0.39 is 0 Å². The number of nitrogens with two attached hydrogens (primary N) is 1. The number of hydrogen-bond acceptors (Lipinski definition) is 2. The summed E-state index contributed by atoms with van der Waals surface area (Å²) in [6.45, 7) is 5.18. The second-order valence-corrected chi connectivity index (χ2v) is 6.13. The van der Waals surface area contributed by atoms with Gasteiger partial charge in [-0.05, 0) is 46.9 Å². The van der Waals surface area contributed by atoms with Crippen LogP contribution in [0.1, 0.15) is 37.4 Å². The molecule has 0 aliphatic rings. The van der Waals surface area contributed by atoms with Gasteiger partial charge in [-0.1, -0.05) is 44.2 Å². The van der Waals surface area contributed by atoms with Crippen LogP contribution in [-0.2, 0) is 13.0 Å². The number of nitrogen functional groups attached to an aromatic ring is 1. The molecule has 2 N–H and O–H groups in total. The Morgan fingerprint density at radius 2 is 1.95 bits per heavy atom. The molecule has 0 atom stereocenters. The Morgan fingerprint density at radius 3 is 2.53 bits per heavy atom. The summed E-state index contributed by atoms with van der Waals surface area (Å²) in [7, 11) is 0. The zero-order valence-corrected chi connectivity index (χ0v) is 13.6. The number of nitrogens with zero attached hydrogens (tertiary/aromatic N) is 2. The fraction of sp³-hybridized carbons (Fsp3) is 0.400. The van der Waals surface area contributed by atoms with E-state index in [9.17, 15) is 0 Å². The van der Waals surface area contributed by atoms with Crippen molar-refractivity contribution in [2.75, 3.05) is 5.73 Å². The van der Waals surface area contributed by atoms with Gasteiger partial charge in [-0.2, -0.15) is 5.10 Å². The third kappa shape index (κ3) is 3.49. The highest BCUT2D eigenvalue weighted by atomic mass is 127. The van der Waals surface area contributed by atoms with Crippen LogP contribution in [0.2, 0.25) is 0 Å². The molecule has 1 aromatic heterocycles. The second-order valence-electron chi connectivity index (χ2n) is 5.05. The second kappa shape index (κ2) is 6.41. The van der Waals surface area contributed by atoms with Gasteiger partial charge in [-0.3, -0.25) is 0 Å². The molecular formula is C15H20IN3. The first kappa shape index (κ1) is 14.4. The van der Waals surface area contributed by atoms with Crippen LogP contribution < -0.4 is 5.73 Å². The average molecular weight is 369 g/mol. The third-order valence-corrected chi connectivity index (χ3v) is 4.29. The van der Waals surface area contributed by atoms with Crippen molar-refractivity contribution in [3.05, 3.63) is 45.2 Å². The molecule has 0 unspecified atom stereocenters. The van der Waals surface area contributed by atoms with Crippen molar-refractivity contribution in [1.82, 2.24) is 9.78 Å². The van der Waals surface area contributed by atoms with Crippen molar-refractivity contribution in [3.63, 3.8) is 0 Å². The van der Waals surface area contributed by atoms with Gasteiger partial charge in [0.05, 0.1) is 9.26 Å². The molecule has 0 saturated carbocycles. The van der Waals surface area contributed by atoms with Crippen LogP contribution in [-0.4, -0.2) is 9.78 Å². The molecule has 1 heterocycles. The molecule has 3 nitrogen and oxygen atoms in total. The van der Waals surface area contributed by atoms with Crippen molar-refractivity contribution < 1.29 is 0 Å². The quantitative estimate of drug-likeness (QED) is 0.815. The van der Waals surface area contributed by atoms with Crippen molar-refractivity contribution in [2.45, 2.75) is 39.2 Å². The Hall–Kier alpha value is -1.04. The van der Waals surface area contributed by atoms with Gasteiger partial charge in [0.2, 0.25) is 0 Å². The molecule has 0 aliphatic heterocycles. The van der Waals surface area contributed by atoms with Gasteiger partial charge in [0.15, 0.2) is 0 Å². The van der Waals surface area contributed by atoms with E-state index >= 15 is 0 Å². The first-order valence-corrected chi connectivity index (χ1v) is 7.73. The molecule has 0 bridgehead atoms. The van der Waals surface area contributed by atoms with E-state index in [0.29, 0.717) is 5.92 Å². The maximum absolute atomic E-state index is 6.11. The van der Waals surface area contributed by atoms with Crippen LogP contribution in [0, 0.1) is 3.57 Å². The zero-order valence-electron chi connectivity index (χ0n) is 11.4. The Morgan fingerprint density at radius 1 is 1.26 bits per heavy atom. The zero-order chi connectivity index (χ0) is 13.8. The van der Waals surface area contributed by atoms with Gasteiger partial charge < -0.3 is 5.73 Å². The lowest BCUT2D eigenvalue weighted by Crippen LogP contribution is -2.06. The standard InChI is InChI=1S/C15H20IN3/c1-11(2)14-13(16)15(17)19(18-14)10-6-9-12-7-4-3-5-8-12/h3-5,7-8,11H,6,9-10,17H2,1-2H3. The molecule has 0 amide bonds. The van der Waals surface area contributed by atoms with Gasteiger partial charge in [0.25, 0.3) is 0 Å². The third-order valence-electron chi connectivity index (χ3n) is 3.18. The normalized spacial score (nSPS) is 11.2. The van der Waals surface area contributed by atoms with Crippen LogP contribution >= 0.6 is 22.6 Å². The summed E-state index contributed by atoms with van der Waals surface area (Å²) < 4.78 is 3.05. The number of aromatic nitrogens is 2. The van der Waals surface area contributed by atoms with Crippen molar-refractivity contribution >= 4 is 28.4 Å². The molecule has 0 fully saturated rings. The maximum atomic E-state index is 6.11. The van der Waals surface area contributed by atoms with Crippen molar-refractivity contribution in [2.24, 2.45) is 0 Å². The number of anilines is 1. The van der Waals surface area contributed by atoms with E-state index in [-0.39, 0.29) is 0 Å². The van der Waals surface area contributed by atoms with Crippen molar-refractivity contribution in [3.8, 4) is 0 Å². The largest absolute Gasteiger partial charge is 0.383 e. The SMILES string of the molecule is CC(C)c1nn(CCCc2ccccc2)c(N)c1I. The molecule has 2 aromatic rings. The number of rotatable bonds is 5. The van der Waals surface area contributed by atoms with Crippen LogP contribution in [0.5, 0.6) is 0 Å². The lowest BCUT2D eigenvalue weighted by atomic mass is 10.1. The highest BCUT2D eigenvalue weighted by Gasteiger charge is 2.15. The Bertz CT molecular complexity index is 532. The highest BCUT2D eigenvalue weighted by molar-refractivity contribution is 14.1. The fourth-order valence-electron chi connectivity index (χ4n) is 2.09. The van der Waals surface area contributed by atoms with Gasteiger partial charge in [-0.15, -0.1) is 0 Å². The minimum atomic E-state index is 0.421. The predicted octanol–water partition coefficient (Wildman–Crippen LogP) is 3.83. The molecule has 4 heteroatoms. The average Bonchev–Trinajstić information content (AvgIpc) is 2.68. The Kier molecular flexibility index (Phi) is 4.85. The van der Waals surface area contributed by atoms with E-state index in [2.05, 4.69) is 65.8 Å². The summed E-state index contributed by atoms with van der Waals surface area (Å²) in [6.07, 6.45) is 2.12. The van der Waals surface area contributed by atoms with Gasteiger partial charge in [-0.25, -0.2) is 4.68 Å². The fourth-order valence-corrected chi connectivity index (χ4v) is 3.10. The van der Waals surface area contributed by atoms with E-state index in [4.69, 9.17) is 5.73 Å². The summed E-state index contributed by atoms with van der Waals surface area (Å²) in [4.78, 5) is 0. The lowest BCUT2D eigenvalue weighted by molar-refractivity contribution is 0.574. The van der Waals surface area contributed by atoms with E-state index in [1.165, 1.54) is 5.56 Å². The molecule has 0 spiro atoms. The minimum absolute atomic E-state index is 0.421. The number of hydrogen-bond donors (Lipinski definition) is 1. The summed E-state index contributed by atoms with van der Waals surface area (Å²) in [5.41, 5.74) is 8.59. The maximum Gasteiger partial charge on any atom is 0.135 e. The molecule has 19 heavy (non-hydrogen) atoms. The minimum Gasteiger partial charge on any atom is -0.383 e. The number of benzene rings is 1. The lowest BCUT2D eigenvalue weighted by Gasteiger charge is -2.04. The molecule has 0 aliphatic carbocycles. The summed E-state index contributed by atoms with van der Waals surface area (Å²) >= 11 is 2.30. The van der Waals surface area contributed by atoms with E-state index in [0.717, 1.165) is 34.5 Å². The number of halogens is 1. The van der Waals surface area contributed by atoms with Gasteiger partial charge in [0, 0.05) is 6.54 Å². The Labute approximate surface area is 128 Å². The molecule has 0 radical (unpaired) electrons. The molecular weight excluding hydrogens is 349 g/mol. The topological polar surface area (TPSA) is 43.8 Å². The predicted molar refractivity (Wildman–Crippen MR) is 88.2 cm³/mol. The monoisotopic (exact) mass is 369 g/mol. The van der Waals surface area contributed by atoms with Crippen LogP contribution in [0.25, 0.3) is 0 Å². The van der Waals surface area contributed by atoms with E-state index in [1.54, 1.807) is 0 Å². The molecule has 1 aromatic carbocycles. The van der Waals surface area contributed by atoms with Crippen LogP contribution in [0.3, 0.4) is 0 Å². The molecule has 2 rings (SSSR count). The summed E-state index contributed by atoms with van der Waals surface area (Å²) in [6, 6.07) is 10.5. The van der Waals surface area contributed by atoms with Crippen molar-refractivity contribution in [1.29, 1.82) is 0 Å². The van der Waals surface area contributed by atoms with Crippen LogP contribution in [0.4, 0.5) is 5.82 Å². The van der Waals surface area contributed by atoms with Crippen LogP contribution in [0.15, 0.2) is 30.3 Å². The highest BCUT2D eigenvalue weighted by Crippen LogP contribution is 2.25. The van der Waals surface area contributed by atoms with Gasteiger partial charge >= 0.3 is 0 Å². The smallest absolute Gasteiger partial charge is 0.135 e. The first-order valence-electron chi connectivity index (χ1n) is 6.65. The first-order chi connectivity index (χ1) is 9.09. The van der Waals surface area contributed by atoms with Gasteiger partial charge in [0.1, 0.15) is 5.82 Å². The molecule has 102 valence electrons. The number of aryl methyl sites for hydroxylation is 2.